The highest BCUT2D eigenvalue weighted by molar-refractivity contribution is 4.99. The van der Waals surface area contributed by atoms with E-state index >= 15 is 0 Å². The molecule has 120 valence electrons. The van der Waals surface area contributed by atoms with E-state index in [0.717, 1.165) is 24.3 Å². The Morgan fingerprint density at radius 1 is 1.43 bits per heavy atom. The zero-order valence-corrected chi connectivity index (χ0v) is 12.3. The summed E-state index contributed by atoms with van der Waals surface area (Å²) in [5.74, 6) is 0. The Labute approximate surface area is 122 Å². The number of aromatic nitrogens is 2. The minimum atomic E-state index is -4.24. The van der Waals surface area contributed by atoms with Gasteiger partial charge in [0.05, 0.1) is 18.4 Å². The number of ether oxygens (including phenoxy) is 1. The SMILES string of the molecule is CN(C)CC1CN(Cc2ccn(CC(F)(F)F)n2)CCO1. The smallest absolute Gasteiger partial charge is 0.374 e. The lowest BCUT2D eigenvalue weighted by Gasteiger charge is -2.33. The Balaban J connectivity index is 1.86. The van der Waals surface area contributed by atoms with Crippen molar-refractivity contribution in [2.24, 2.45) is 0 Å². The lowest BCUT2D eigenvalue weighted by molar-refractivity contribution is -0.142. The van der Waals surface area contributed by atoms with Crippen molar-refractivity contribution in [2.75, 3.05) is 40.3 Å². The second kappa shape index (κ2) is 6.76. The second-order valence-electron chi connectivity index (χ2n) is 5.61. The van der Waals surface area contributed by atoms with Crippen LogP contribution in [-0.4, -0.2) is 72.2 Å². The zero-order valence-electron chi connectivity index (χ0n) is 12.3. The number of likely N-dealkylation sites (N-methyl/N-ethyl adjacent to an activating group) is 1. The Bertz CT molecular complexity index is 447. The topological polar surface area (TPSA) is 33.5 Å². The maximum atomic E-state index is 12.3. The predicted molar refractivity (Wildman–Crippen MR) is 71.9 cm³/mol. The standard InChI is InChI=1S/C13H21F3N4O/c1-18(2)8-12-9-19(5-6-21-12)7-11-3-4-20(17-11)10-13(14,15)16/h3-4,12H,5-10H2,1-2H3. The summed E-state index contributed by atoms with van der Waals surface area (Å²) in [6, 6.07) is 1.64. The van der Waals surface area contributed by atoms with Crippen LogP contribution >= 0.6 is 0 Å². The molecule has 0 aromatic carbocycles. The van der Waals surface area contributed by atoms with Gasteiger partial charge in [-0.2, -0.15) is 18.3 Å². The van der Waals surface area contributed by atoms with Crippen LogP contribution in [0.3, 0.4) is 0 Å². The first-order valence-electron chi connectivity index (χ1n) is 6.89. The highest BCUT2D eigenvalue weighted by atomic mass is 19.4. The van der Waals surface area contributed by atoms with Crippen molar-refractivity contribution in [3.05, 3.63) is 18.0 Å². The van der Waals surface area contributed by atoms with Gasteiger partial charge in [0.1, 0.15) is 6.54 Å². The monoisotopic (exact) mass is 306 g/mol. The summed E-state index contributed by atoms with van der Waals surface area (Å²) in [6.45, 7) is 2.53. The van der Waals surface area contributed by atoms with E-state index in [4.69, 9.17) is 4.74 Å². The molecular weight excluding hydrogens is 285 g/mol. The van der Waals surface area contributed by atoms with E-state index in [-0.39, 0.29) is 6.10 Å². The normalized spacial score (nSPS) is 21.1. The quantitative estimate of drug-likeness (QED) is 0.819. The molecule has 1 unspecified atom stereocenters. The van der Waals surface area contributed by atoms with Gasteiger partial charge in [0.15, 0.2) is 0 Å². The lowest BCUT2D eigenvalue weighted by Crippen LogP contribution is -2.46. The van der Waals surface area contributed by atoms with Crippen LogP contribution in [0.25, 0.3) is 0 Å². The van der Waals surface area contributed by atoms with E-state index in [1.165, 1.54) is 6.20 Å². The molecule has 1 fully saturated rings. The van der Waals surface area contributed by atoms with Crippen molar-refractivity contribution in [1.82, 2.24) is 19.6 Å². The van der Waals surface area contributed by atoms with Gasteiger partial charge in [-0.15, -0.1) is 0 Å². The van der Waals surface area contributed by atoms with Crippen molar-refractivity contribution in [1.29, 1.82) is 0 Å². The lowest BCUT2D eigenvalue weighted by atomic mass is 10.2. The largest absolute Gasteiger partial charge is 0.408 e. The summed E-state index contributed by atoms with van der Waals surface area (Å²) in [4.78, 5) is 4.23. The average Bonchev–Trinajstić information content (AvgIpc) is 2.73. The molecule has 0 N–H and O–H groups in total. The number of halogens is 3. The molecule has 0 spiro atoms. The minimum absolute atomic E-state index is 0.131. The molecule has 1 aliphatic heterocycles. The highest BCUT2D eigenvalue weighted by Gasteiger charge is 2.28. The van der Waals surface area contributed by atoms with Gasteiger partial charge in [-0.1, -0.05) is 0 Å². The third kappa shape index (κ3) is 5.64. The van der Waals surface area contributed by atoms with Gasteiger partial charge in [0.2, 0.25) is 0 Å². The van der Waals surface area contributed by atoms with Gasteiger partial charge in [0, 0.05) is 32.4 Å². The summed E-state index contributed by atoms with van der Waals surface area (Å²) < 4.78 is 43.5. The zero-order chi connectivity index (χ0) is 15.5. The molecule has 1 aromatic rings. The second-order valence-corrected chi connectivity index (χ2v) is 5.61. The molecular formula is C13H21F3N4O. The summed E-state index contributed by atoms with van der Waals surface area (Å²) in [5, 5.41) is 3.98. The van der Waals surface area contributed by atoms with Gasteiger partial charge in [0.25, 0.3) is 0 Å². The molecule has 8 heteroatoms. The van der Waals surface area contributed by atoms with Crippen LogP contribution in [0.4, 0.5) is 13.2 Å². The summed E-state index contributed by atoms with van der Waals surface area (Å²) >= 11 is 0. The molecule has 21 heavy (non-hydrogen) atoms. The van der Waals surface area contributed by atoms with Crippen molar-refractivity contribution < 1.29 is 17.9 Å². The Hall–Kier alpha value is -1.12. The van der Waals surface area contributed by atoms with E-state index in [1.807, 2.05) is 14.1 Å². The van der Waals surface area contributed by atoms with Gasteiger partial charge >= 0.3 is 6.18 Å². The highest BCUT2D eigenvalue weighted by Crippen LogP contribution is 2.17. The first kappa shape index (κ1) is 16.3. The predicted octanol–water partition coefficient (Wildman–Crippen LogP) is 1.21. The molecule has 1 aliphatic rings. The van der Waals surface area contributed by atoms with Gasteiger partial charge < -0.3 is 9.64 Å². The summed E-state index contributed by atoms with van der Waals surface area (Å²) in [7, 11) is 3.97. The maximum absolute atomic E-state index is 12.3. The van der Waals surface area contributed by atoms with Crippen LogP contribution in [-0.2, 0) is 17.8 Å². The van der Waals surface area contributed by atoms with E-state index in [0.29, 0.717) is 18.8 Å². The van der Waals surface area contributed by atoms with Crippen LogP contribution in [0.15, 0.2) is 12.3 Å². The van der Waals surface area contributed by atoms with Crippen molar-refractivity contribution in [3.63, 3.8) is 0 Å². The summed E-state index contributed by atoms with van der Waals surface area (Å²) in [6.07, 6.45) is -2.73. The molecule has 0 aliphatic carbocycles. The van der Waals surface area contributed by atoms with Gasteiger partial charge in [-0.25, -0.2) is 0 Å². The van der Waals surface area contributed by atoms with Crippen LogP contribution in [0.5, 0.6) is 0 Å². The Kier molecular flexibility index (Phi) is 5.23. The number of rotatable bonds is 5. The fourth-order valence-electron chi connectivity index (χ4n) is 2.43. The molecule has 0 saturated carbocycles. The molecule has 2 rings (SSSR count). The molecule has 0 bridgehead atoms. The van der Waals surface area contributed by atoms with Gasteiger partial charge in [-0.3, -0.25) is 9.58 Å². The van der Waals surface area contributed by atoms with E-state index < -0.39 is 12.7 Å². The van der Waals surface area contributed by atoms with Gasteiger partial charge in [-0.05, 0) is 20.2 Å². The molecule has 1 aromatic heterocycles. The van der Waals surface area contributed by atoms with Crippen LogP contribution < -0.4 is 0 Å². The molecule has 1 saturated heterocycles. The van der Waals surface area contributed by atoms with E-state index in [1.54, 1.807) is 6.07 Å². The number of morpholine rings is 1. The van der Waals surface area contributed by atoms with E-state index in [9.17, 15) is 13.2 Å². The number of hydrogen-bond acceptors (Lipinski definition) is 4. The fourth-order valence-corrected chi connectivity index (χ4v) is 2.43. The molecule has 0 amide bonds. The molecule has 1 atom stereocenters. The van der Waals surface area contributed by atoms with Crippen LogP contribution in [0.2, 0.25) is 0 Å². The molecule has 2 heterocycles. The fraction of sp³-hybridized carbons (Fsp3) is 0.769. The first-order chi connectivity index (χ1) is 9.82. The number of alkyl halides is 3. The first-order valence-corrected chi connectivity index (χ1v) is 6.89. The van der Waals surface area contributed by atoms with E-state index in [2.05, 4.69) is 14.9 Å². The third-order valence-corrected chi connectivity index (χ3v) is 3.21. The summed E-state index contributed by atoms with van der Waals surface area (Å²) in [5.41, 5.74) is 0.657. The van der Waals surface area contributed by atoms with Crippen molar-refractivity contribution >= 4 is 0 Å². The minimum Gasteiger partial charge on any atom is -0.374 e. The number of hydrogen-bond donors (Lipinski definition) is 0. The Morgan fingerprint density at radius 2 is 2.19 bits per heavy atom. The Morgan fingerprint density at radius 3 is 2.86 bits per heavy atom. The van der Waals surface area contributed by atoms with Crippen molar-refractivity contribution in [3.8, 4) is 0 Å². The third-order valence-electron chi connectivity index (χ3n) is 3.21. The van der Waals surface area contributed by atoms with Crippen LogP contribution in [0, 0.1) is 0 Å². The van der Waals surface area contributed by atoms with Crippen molar-refractivity contribution in [2.45, 2.75) is 25.4 Å². The average molecular weight is 306 g/mol. The molecule has 5 nitrogen and oxygen atoms in total. The van der Waals surface area contributed by atoms with Crippen LogP contribution in [0.1, 0.15) is 5.69 Å². The number of nitrogens with zero attached hydrogens (tertiary/aromatic N) is 4. The molecule has 0 radical (unpaired) electrons. The maximum Gasteiger partial charge on any atom is 0.408 e.